The molecular formula is C17H19F4N3O5S2. The molecule has 3 N–H and O–H groups in total. The zero-order chi connectivity index (χ0) is 24.0. The molecule has 0 bridgehead atoms. The van der Waals surface area contributed by atoms with E-state index >= 15 is 0 Å². The van der Waals surface area contributed by atoms with Gasteiger partial charge in [0.15, 0.2) is 0 Å². The SMILES string of the molecule is CN(CC(=O)NCCSSCCC(=O)O)c1ccc(C#N)cc1F.O=C(O)C(F)(F)F. The fraction of sp³-hybridized carbons (Fsp3) is 0.412. The van der Waals surface area contributed by atoms with Gasteiger partial charge in [-0.2, -0.15) is 18.4 Å². The van der Waals surface area contributed by atoms with Crippen LogP contribution in [-0.2, 0) is 14.4 Å². The van der Waals surface area contributed by atoms with Gasteiger partial charge >= 0.3 is 18.1 Å². The molecule has 0 spiro atoms. The van der Waals surface area contributed by atoms with Gasteiger partial charge in [0.25, 0.3) is 0 Å². The van der Waals surface area contributed by atoms with Crippen LogP contribution in [0, 0.1) is 17.1 Å². The molecule has 0 fully saturated rings. The molecule has 1 amide bonds. The zero-order valence-electron chi connectivity index (χ0n) is 16.1. The van der Waals surface area contributed by atoms with E-state index in [2.05, 4.69) is 5.32 Å². The van der Waals surface area contributed by atoms with E-state index < -0.39 is 23.9 Å². The first-order chi connectivity index (χ1) is 14.4. The maximum absolute atomic E-state index is 13.8. The van der Waals surface area contributed by atoms with Crippen molar-refractivity contribution in [2.75, 3.05) is 36.5 Å². The minimum absolute atomic E-state index is 0.000353. The topological polar surface area (TPSA) is 131 Å². The van der Waals surface area contributed by atoms with Crippen LogP contribution in [0.5, 0.6) is 0 Å². The lowest BCUT2D eigenvalue weighted by atomic mass is 10.2. The van der Waals surface area contributed by atoms with Gasteiger partial charge in [-0.25, -0.2) is 9.18 Å². The highest BCUT2D eigenvalue weighted by molar-refractivity contribution is 8.76. The Hall–Kier alpha value is -2.66. The van der Waals surface area contributed by atoms with Crippen molar-refractivity contribution < 1.29 is 42.2 Å². The van der Waals surface area contributed by atoms with Crippen molar-refractivity contribution in [3.63, 3.8) is 0 Å². The highest BCUT2D eigenvalue weighted by Gasteiger charge is 2.38. The van der Waals surface area contributed by atoms with Crippen LogP contribution in [0.15, 0.2) is 18.2 Å². The second kappa shape index (κ2) is 14.4. The number of carbonyl (C=O) groups excluding carboxylic acids is 1. The number of anilines is 1. The Morgan fingerprint density at radius 3 is 2.26 bits per heavy atom. The van der Waals surface area contributed by atoms with Crippen molar-refractivity contribution in [3.8, 4) is 6.07 Å². The number of carboxylic acid groups (broad SMARTS) is 2. The van der Waals surface area contributed by atoms with E-state index in [1.807, 2.05) is 6.07 Å². The molecule has 14 heteroatoms. The maximum Gasteiger partial charge on any atom is 0.490 e. The molecule has 0 unspecified atom stereocenters. The normalized spacial score (nSPS) is 10.3. The molecule has 0 aliphatic carbocycles. The lowest BCUT2D eigenvalue weighted by Gasteiger charge is -2.19. The minimum Gasteiger partial charge on any atom is -0.481 e. The number of nitrogens with one attached hydrogen (secondary N) is 1. The predicted octanol–water partition coefficient (Wildman–Crippen LogP) is 2.74. The summed E-state index contributed by atoms with van der Waals surface area (Å²) in [6.07, 6.45) is -4.97. The van der Waals surface area contributed by atoms with E-state index in [4.69, 9.17) is 20.3 Å². The number of hydrogen-bond acceptors (Lipinski definition) is 7. The summed E-state index contributed by atoms with van der Waals surface area (Å²) in [4.78, 5) is 32.5. The molecule has 0 aromatic heterocycles. The lowest BCUT2D eigenvalue weighted by molar-refractivity contribution is -0.192. The number of hydrogen-bond donors (Lipinski definition) is 3. The third-order valence-electron chi connectivity index (χ3n) is 3.10. The number of alkyl halides is 3. The van der Waals surface area contributed by atoms with Crippen LogP contribution in [0.3, 0.4) is 0 Å². The van der Waals surface area contributed by atoms with Crippen molar-refractivity contribution in [3.05, 3.63) is 29.6 Å². The minimum atomic E-state index is -5.08. The molecular weight excluding hydrogens is 466 g/mol. The highest BCUT2D eigenvalue weighted by atomic mass is 33.1. The van der Waals surface area contributed by atoms with E-state index in [0.717, 1.165) is 6.07 Å². The number of nitrogens with zero attached hydrogens (tertiary/aromatic N) is 2. The summed E-state index contributed by atoms with van der Waals surface area (Å²) in [5.74, 6) is -3.19. The molecule has 1 aromatic rings. The molecule has 8 nitrogen and oxygen atoms in total. The Kier molecular flexibility index (Phi) is 13.1. The van der Waals surface area contributed by atoms with E-state index in [0.29, 0.717) is 18.1 Å². The van der Waals surface area contributed by atoms with Crippen LogP contribution >= 0.6 is 21.6 Å². The van der Waals surface area contributed by atoms with Crippen molar-refractivity contribution >= 4 is 45.1 Å². The number of amides is 1. The molecule has 0 aliphatic heterocycles. The first-order valence-corrected chi connectivity index (χ1v) is 10.8. The molecule has 172 valence electrons. The average Bonchev–Trinajstić information content (AvgIpc) is 2.66. The molecule has 0 saturated heterocycles. The van der Waals surface area contributed by atoms with Crippen LogP contribution in [0.2, 0.25) is 0 Å². The smallest absolute Gasteiger partial charge is 0.481 e. The van der Waals surface area contributed by atoms with Crippen LogP contribution in [0.1, 0.15) is 12.0 Å². The Balaban J connectivity index is 0.00000110. The maximum atomic E-state index is 13.8. The van der Waals surface area contributed by atoms with Crippen molar-refractivity contribution in [2.45, 2.75) is 12.6 Å². The number of benzene rings is 1. The molecule has 1 aromatic carbocycles. The quantitative estimate of drug-likeness (QED) is 0.260. The fourth-order valence-corrected chi connectivity index (χ4v) is 3.61. The van der Waals surface area contributed by atoms with Crippen molar-refractivity contribution in [1.82, 2.24) is 5.32 Å². The van der Waals surface area contributed by atoms with E-state index in [9.17, 15) is 27.2 Å². The van der Waals surface area contributed by atoms with Crippen LogP contribution in [0.4, 0.5) is 23.2 Å². The molecule has 0 heterocycles. The van der Waals surface area contributed by atoms with Gasteiger partial charge in [0, 0.05) is 25.1 Å². The van der Waals surface area contributed by atoms with Gasteiger partial charge in [0.1, 0.15) is 5.82 Å². The lowest BCUT2D eigenvalue weighted by Crippen LogP contribution is -2.36. The molecule has 0 saturated carbocycles. The van der Waals surface area contributed by atoms with E-state index in [1.165, 1.54) is 38.6 Å². The molecule has 0 atom stereocenters. The average molecular weight is 485 g/mol. The van der Waals surface area contributed by atoms with Crippen LogP contribution in [0.25, 0.3) is 0 Å². The largest absolute Gasteiger partial charge is 0.490 e. The standard InChI is InChI=1S/C15H18FN3O3S2.C2HF3O2/c1-19(13-3-2-11(9-17)8-12(13)16)10-14(20)18-5-7-24-23-6-4-15(21)22;3-2(4,5)1(6)7/h2-3,8H,4-7,10H2,1H3,(H,18,20)(H,21,22);(H,6,7). The van der Waals surface area contributed by atoms with Gasteiger partial charge in [0.05, 0.1) is 30.3 Å². The second-order valence-electron chi connectivity index (χ2n) is 5.57. The molecule has 31 heavy (non-hydrogen) atoms. The molecule has 1 rings (SSSR count). The van der Waals surface area contributed by atoms with Crippen molar-refractivity contribution in [1.29, 1.82) is 5.26 Å². The van der Waals surface area contributed by atoms with Gasteiger partial charge in [-0.05, 0) is 18.2 Å². The Bertz CT molecular complexity index is 803. The first-order valence-electron chi connectivity index (χ1n) is 8.32. The summed E-state index contributed by atoms with van der Waals surface area (Å²) in [5, 5.41) is 27.0. The van der Waals surface area contributed by atoms with Gasteiger partial charge in [-0.3, -0.25) is 9.59 Å². The highest BCUT2D eigenvalue weighted by Crippen LogP contribution is 2.21. The first kappa shape index (κ1) is 28.3. The third-order valence-corrected chi connectivity index (χ3v) is 5.51. The summed E-state index contributed by atoms with van der Waals surface area (Å²) in [5.41, 5.74) is 0.481. The van der Waals surface area contributed by atoms with Crippen molar-refractivity contribution in [2.24, 2.45) is 0 Å². The summed E-state index contributed by atoms with van der Waals surface area (Å²) in [7, 11) is 4.54. The van der Waals surface area contributed by atoms with Gasteiger partial charge in [-0.15, -0.1) is 0 Å². The third kappa shape index (κ3) is 13.3. The molecule has 0 aliphatic rings. The Morgan fingerprint density at radius 1 is 1.19 bits per heavy atom. The van der Waals surface area contributed by atoms with Gasteiger partial charge in [-0.1, -0.05) is 21.6 Å². The predicted molar refractivity (Wildman–Crippen MR) is 108 cm³/mol. The van der Waals surface area contributed by atoms with Crippen LogP contribution in [-0.4, -0.2) is 65.9 Å². The summed E-state index contributed by atoms with van der Waals surface area (Å²) < 4.78 is 45.6. The second-order valence-corrected chi connectivity index (χ2v) is 8.28. The fourth-order valence-electron chi connectivity index (χ4n) is 1.72. The summed E-state index contributed by atoms with van der Waals surface area (Å²) >= 11 is 0. The Morgan fingerprint density at radius 2 is 1.77 bits per heavy atom. The monoisotopic (exact) mass is 485 g/mol. The van der Waals surface area contributed by atoms with Gasteiger partial charge in [0.2, 0.25) is 5.91 Å². The van der Waals surface area contributed by atoms with E-state index in [1.54, 1.807) is 7.05 Å². The zero-order valence-corrected chi connectivity index (χ0v) is 17.7. The summed E-state index contributed by atoms with van der Waals surface area (Å²) in [6, 6.07) is 5.95. The Labute approximate surface area is 183 Å². The van der Waals surface area contributed by atoms with Crippen LogP contribution < -0.4 is 10.2 Å². The molecule has 0 radical (unpaired) electrons. The van der Waals surface area contributed by atoms with E-state index in [-0.39, 0.29) is 30.1 Å². The number of likely N-dealkylation sites (N-methyl/N-ethyl adjacent to an activating group) is 1. The number of carboxylic acids is 2. The van der Waals surface area contributed by atoms with Gasteiger partial charge < -0.3 is 20.4 Å². The number of carbonyl (C=O) groups is 3. The number of rotatable bonds is 10. The number of nitriles is 1. The summed E-state index contributed by atoms with van der Waals surface area (Å²) in [6.45, 7) is 0.451. The number of halogens is 4. The number of aliphatic carboxylic acids is 2.